The molecule has 1 atom stereocenters. The van der Waals surface area contributed by atoms with Gasteiger partial charge in [-0.05, 0) is 42.5 Å². The average Bonchev–Trinajstić information content (AvgIpc) is 3.68. The van der Waals surface area contributed by atoms with Crippen LogP contribution in [0.1, 0.15) is 23.6 Å². The lowest BCUT2D eigenvalue weighted by atomic mass is 9.97. The van der Waals surface area contributed by atoms with E-state index >= 15 is 0 Å². The molecule has 8 nitrogen and oxygen atoms in total. The molecule has 4 aromatic carbocycles. The molecular weight excluding hydrogens is 536 g/mol. The van der Waals surface area contributed by atoms with Crippen LogP contribution in [0.4, 0.5) is 0 Å². The highest BCUT2D eigenvalue weighted by Gasteiger charge is 2.40. The lowest BCUT2D eigenvalue weighted by molar-refractivity contribution is 0.355. The molecule has 1 aliphatic heterocycles. The van der Waals surface area contributed by atoms with E-state index < -0.39 is 16.1 Å². The summed E-state index contributed by atoms with van der Waals surface area (Å²) in [6.07, 6.45) is 2.24. The minimum Gasteiger partial charge on any atom is -0.493 e. The molecule has 0 radical (unpaired) electrons. The third-order valence-electron chi connectivity index (χ3n) is 7.05. The average molecular weight is 565 g/mol. The topological polar surface area (TPSA) is 86.0 Å². The van der Waals surface area contributed by atoms with Crippen LogP contribution in [0.5, 0.6) is 11.5 Å². The van der Waals surface area contributed by atoms with Gasteiger partial charge in [-0.15, -0.1) is 0 Å². The molecule has 1 aliphatic rings. The molecule has 0 aliphatic carbocycles. The van der Waals surface area contributed by atoms with Crippen LogP contribution in [-0.4, -0.2) is 42.5 Å². The first kappa shape index (κ1) is 26.3. The number of hydrogen-bond donors (Lipinski definition) is 0. The van der Waals surface area contributed by atoms with Crippen LogP contribution in [-0.2, 0) is 10.0 Å². The molecule has 0 saturated heterocycles. The van der Waals surface area contributed by atoms with E-state index in [1.807, 2.05) is 79.0 Å². The molecule has 0 amide bonds. The zero-order valence-corrected chi connectivity index (χ0v) is 23.4. The number of benzene rings is 4. The summed E-state index contributed by atoms with van der Waals surface area (Å²) in [6, 6.07) is 32.7. The number of methoxy groups -OCH3 is 2. The van der Waals surface area contributed by atoms with Crippen LogP contribution in [0.15, 0.2) is 125 Å². The van der Waals surface area contributed by atoms with E-state index in [0.717, 1.165) is 22.4 Å². The summed E-state index contributed by atoms with van der Waals surface area (Å²) in [5, 5.41) is 9.68. The molecule has 0 fully saturated rings. The highest BCUT2D eigenvalue weighted by atomic mass is 32.2. The van der Waals surface area contributed by atoms with Crippen LogP contribution < -0.4 is 9.47 Å². The summed E-state index contributed by atoms with van der Waals surface area (Å²) in [5.74, 6) is 1.12. The van der Waals surface area contributed by atoms with Crippen molar-refractivity contribution < 1.29 is 17.9 Å². The van der Waals surface area contributed by atoms with Crippen molar-refractivity contribution in [3.05, 3.63) is 127 Å². The first-order valence-electron chi connectivity index (χ1n) is 13.1. The van der Waals surface area contributed by atoms with Gasteiger partial charge >= 0.3 is 0 Å². The Morgan fingerprint density at radius 3 is 2.05 bits per heavy atom. The van der Waals surface area contributed by atoms with E-state index in [1.54, 1.807) is 55.3 Å². The molecule has 5 aromatic rings. The lowest BCUT2D eigenvalue weighted by Crippen LogP contribution is -2.27. The fraction of sp³-hybridized carbons (Fsp3) is 0.125. The van der Waals surface area contributed by atoms with Crippen molar-refractivity contribution in [1.82, 2.24) is 14.2 Å². The summed E-state index contributed by atoms with van der Waals surface area (Å²) in [6.45, 7) is 0. The standard InChI is InChI=1S/C32H28N4O4S/c1-39-30-19-18-24(20-31(30)40-2)28-21-29(36(33-28)41(37,38)26-16-10-5-11-17-26)27-22-35(25-14-8-4-9-15-25)34-32(27)23-12-6-3-7-13-23/h3-20,22,29H,21H2,1-2H3/t29-/m0/s1. The van der Waals surface area contributed by atoms with Crippen molar-refractivity contribution in [3.63, 3.8) is 0 Å². The van der Waals surface area contributed by atoms with Crippen molar-refractivity contribution in [1.29, 1.82) is 0 Å². The molecule has 0 N–H and O–H groups in total. The monoisotopic (exact) mass is 564 g/mol. The third-order valence-corrected chi connectivity index (χ3v) is 8.74. The van der Waals surface area contributed by atoms with Gasteiger partial charge in [0.05, 0.1) is 42.2 Å². The van der Waals surface area contributed by atoms with Gasteiger partial charge in [0.2, 0.25) is 0 Å². The fourth-order valence-corrected chi connectivity index (χ4v) is 6.44. The Balaban J connectivity index is 1.52. The Kier molecular flexibility index (Phi) is 7.03. The number of para-hydroxylation sites is 1. The molecule has 0 bridgehead atoms. The van der Waals surface area contributed by atoms with Crippen LogP contribution in [0.25, 0.3) is 16.9 Å². The summed E-state index contributed by atoms with van der Waals surface area (Å²) >= 11 is 0. The van der Waals surface area contributed by atoms with Crippen molar-refractivity contribution in [3.8, 4) is 28.4 Å². The SMILES string of the molecule is COc1ccc(C2=NN(S(=O)(=O)c3ccccc3)[C@H](c3cn(-c4ccccc4)nc3-c3ccccc3)C2)cc1OC. The van der Waals surface area contributed by atoms with E-state index in [2.05, 4.69) is 0 Å². The second-order valence-corrected chi connectivity index (χ2v) is 11.3. The van der Waals surface area contributed by atoms with Gasteiger partial charge in [0, 0.05) is 29.3 Å². The molecule has 9 heteroatoms. The van der Waals surface area contributed by atoms with Crippen LogP contribution in [0, 0.1) is 0 Å². The maximum atomic E-state index is 14.1. The van der Waals surface area contributed by atoms with Crippen LogP contribution in [0.2, 0.25) is 0 Å². The van der Waals surface area contributed by atoms with Gasteiger partial charge < -0.3 is 9.47 Å². The van der Waals surface area contributed by atoms with Gasteiger partial charge in [0.25, 0.3) is 10.0 Å². The number of hydrogen-bond acceptors (Lipinski definition) is 6. The maximum Gasteiger partial charge on any atom is 0.279 e. The Bertz CT molecular complexity index is 1810. The van der Waals surface area contributed by atoms with Crippen LogP contribution >= 0.6 is 0 Å². The third kappa shape index (κ3) is 4.96. The zero-order chi connectivity index (χ0) is 28.4. The number of sulfonamides is 1. The Hall–Kier alpha value is -4.89. The second-order valence-electron chi connectivity index (χ2n) is 9.51. The number of hydrazone groups is 1. The fourth-order valence-electron chi connectivity index (χ4n) is 5.00. The smallest absolute Gasteiger partial charge is 0.279 e. The molecule has 41 heavy (non-hydrogen) atoms. The van der Waals surface area contributed by atoms with Crippen molar-refractivity contribution in [2.45, 2.75) is 17.4 Å². The minimum absolute atomic E-state index is 0.166. The first-order valence-corrected chi connectivity index (χ1v) is 14.5. The second kappa shape index (κ2) is 10.9. The normalized spacial score (nSPS) is 15.0. The lowest BCUT2D eigenvalue weighted by Gasteiger charge is -2.23. The Labute approximate surface area is 239 Å². The Morgan fingerprint density at radius 1 is 0.756 bits per heavy atom. The summed E-state index contributed by atoms with van der Waals surface area (Å²) < 4.78 is 42.1. The predicted octanol–water partition coefficient (Wildman–Crippen LogP) is 6.10. The highest BCUT2D eigenvalue weighted by Crippen LogP contribution is 2.42. The van der Waals surface area contributed by atoms with Gasteiger partial charge in [0.1, 0.15) is 0 Å². The Morgan fingerprint density at radius 2 is 1.39 bits per heavy atom. The van der Waals surface area contributed by atoms with E-state index in [4.69, 9.17) is 19.7 Å². The van der Waals surface area contributed by atoms with E-state index in [-0.39, 0.29) is 4.90 Å². The van der Waals surface area contributed by atoms with E-state index in [1.165, 1.54) is 4.41 Å². The van der Waals surface area contributed by atoms with Crippen molar-refractivity contribution in [2.75, 3.05) is 14.2 Å². The van der Waals surface area contributed by atoms with Crippen LogP contribution in [0.3, 0.4) is 0 Å². The summed E-state index contributed by atoms with van der Waals surface area (Å²) in [5.41, 5.74) is 4.55. The molecule has 6 rings (SSSR count). The minimum atomic E-state index is -4.01. The van der Waals surface area contributed by atoms with E-state index in [9.17, 15) is 8.42 Å². The molecule has 1 aromatic heterocycles. The molecule has 2 heterocycles. The maximum absolute atomic E-state index is 14.1. The molecule has 206 valence electrons. The largest absolute Gasteiger partial charge is 0.493 e. The number of aromatic nitrogens is 2. The molecule has 0 saturated carbocycles. The predicted molar refractivity (Wildman–Crippen MR) is 158 cm³/mol. The van der Waals surface area contributed by atoms with Gasteiger partial charge in [-0.2, -0.15) is 23.0 Å². The quantitative estimate of drug-likeness (QED) is 0.227. The van der Waals surface area contributed by atoms with Gasteiger partial charge in [-0.3, -0.25) is 0 Å². The molecule has 0 spiro atoms. The van der Waals surface area contributed by atoms with Crippen molar-refractivity contribution in [2.24, 2.45) is 5.10 Å². The highest BCUT2D eigenvalue weighted by molar-refractivity contribution is 7.89. The summed E-state index contributed by atoms with van der Waals surface area (Å²) in [7, 11) is -0.867. The number of nitrogens with zero attached hydrogens (tertiary/aromatic N) is 4. The summed E-state index contributed by atoms with van der Waals surface area (Å²) in [4.78, 5) is 0.166. The van der Waals surface area contributed by atoms with Crippen molar-refractivity contribution >= 4 is 15.7 Å². The zero-order valence-electron chi connectivity index (χ0n) is 22.6. The van der Waals surface area contributed by atoms with Gasteiger partial charge in [-0.1, -0.05) is 66.7 Å². The van der Waals surface area contributed by atoms with Gasteiger partial charge in [-0.25, -0.2) is 4.68 Å². The molecular formula is C32H28N4O4S. The van der Waals surface area contributed by atoms with Gasteiger partial charge in [0.15, 0.2) is 11.5 Å². The molecule has 0 unspecified atom stereocenters. The number of rotatable bonds is 8. The number of ether oxygens (including phenoxy) is 2. The van der Waals surface area contributed by atoms with E-state index in [0.29, 0.717) is 29.3 Å². The first-order chi connectivity index (χ1) is 20.0.